The van der Waals surface area contributed by atoms with Crippen LogP contribution in [0, 0.1) is 0 Å². The fraction of sp³-hybridized carbons (Fsp3) is 0.455. The Bertz CT molecular complexity index is 587. The summed E-state index contributed by atoms with van der Waals surface area (Å²) in [4.78, 5) is 41.6. The lowest BCUT2D eigenvalue weighted by molar-refractivity contribution is 0.0616. The van der Waals surface area contributed by atoms with Gasteiger partial charge in [-0.3, -0.25) is 4.79 Å². The number of fused-ring (bicyclic) bond motifs is 1. The Morgan fingerprint density at radius 1 is 1.45 bits per heavy atom. The molecule has 2 aliphatic rings. The molecule has 3 heterocycles. The van der Waals surface area contributed by atoms with E-state index in [2.05, 4.69) is 10.3 Å². The van der Waals surface area contributed by atoms with Gasteiger partial charge >= 0.3 is 12.0 Å². The predicted octanol–water partition coefficient (Wildman–Crippen LogP) is -0.309. The summed E-state index contributed by atoms with van der Waals surface area (Å²) in [7, 11) is 0. The lowest BCUT2D eigenvalue weighted by atomic mass is 10.2. The molecule has 2 N–H and O–H groups in total. The number of nitrogens with zero attached hydrogens (tertiary/aromatic N) is 3. The van der Waals surface area contributed by atoms with E-state index >= 15 is 0 Å². The third-order valence-electron chi connectivity index (χ3n) is 3.43. The van der Waals surface area contributed by atoms with Crippen LogP contribution in [0.1, 0.15) is 20.3 Å². The molecule has 1 aromatic rings. The van der Waals surface area contributed by atoms with Crippen LogP contribution in [0.5, 0.6) is 0 Å². The summed E-state index contributed by atoms with van der Waals surface area (Å²) >= 11 is 1.03. The highest BCUT2D eigenvalue weighted by atomic mass is 32.1. The Labute approximate surface area is 118 Å². The number of hydrogen-bond acceptors (Lipinski definition) is 5. The van der Waals surface area contributed by atoms with Crippen LogP contribution >= 0.6 is 11.3 Å². The van der Waals surface area contributed by atoms with Crippen molar-refractivity contribution >= 4 is 29.2 Å². The number of thiazole rings is 1. The maximum atomic E-state index is 12.3. The van der Waals surface area contributed by atoms with Crippen molar-refractivity contribution in [3.63, 3.8) is 0 Å². The number of nitrogens with one attached hydrogen (secondary N) is 1. The van der Waals surface area contributed by atoms with Crippen molar-refractivity contribution in [2.45, 2.75) is 6.04 Å². The van der Waals surface area contributed by atoms with E-state index in [4.69, 9.17) is 5.11 Å². The number of urea groups is 1. The van der Waals surface area contributed by atoms with Crippen LogP contribution in [0.2, 0.25) is 0 Å². The highest BCUT2D eigenvalue weighted by molar-refractivity contribution is 7.11. The number of amides is 3. The molecular formula is C11H12N4O4S. The molecule has 0 radical (unpaired) electrons. The van der Waals surface area contributed by atoms with Gasteiger partial charge in [0.25, 0.3) is 5.91 Å². The standard InChI is InChI=1S/C11H12N4O4S/c16-9(8-13-7(5-20-8)10(17)18)14-1-2-15-6(4-14)3-12-11(15)19/h5-6H,1-4H2,(H,12,19)(H,17,18). The fourth-order valence-electron chi connectivity index (χ4n) is 2.39. The van der Waals surface area contributed by atoms with Crippen molar-refractivity contribution in [2.24, 2.45) is 0 Å². The first kappa shape index (κ1) is 12.9. The number of carbonyl (C=O) groups is 3. The second-order valence-corrected chi connectivity index (χ2v) is 5.49. The largest absolute Gasteiger partial charge is 0.476 e. The van der Waals surface area contributed by atoms with Gasteiger partial charge < -0.3 is 20.2 Å². The van der Waals surface area contributed by atoms with Crippen molar-refractivity contribution < 1.29 is 19.5 Å². The summed E-state index contributed by atoms with van der Waals surface area (Å²) < 4.78 is 0. The normalized spacial score (nSPS) is 21.6. The molecule has 0 bridgehead atoms. The molecule has 106 valence electrons. The zero-order chi connectivity index (χ0) is 14.3. The molecule has 8 nitrogen and oxygen atoms in total. The van der Waals surface area contributed by atoms with Crippen molar-refractivity contribution in [3.8, 4) is 0 Å². The zero-order valence-electron chi connectivity index (χ0n) is 10.4. The fourth-order valence-corrected chi connectivity index (χ4v) is 3.15. The number of piperazine rings is 1. The molecule has 1 aromatic heterocycles. The maximum Gasteiger partial charge on any atom is 0.355 e. The second-order valence-electron chi connectivity index (χ2n) is 4.63. The first-order valence-electron chi connectivity index (χ1n) is 6.09. The van der Waals surface area contributed by atoms with Crippen LogP contribution in [-0.2, 0) is 0 Å². The molecule has 2 aliphatic heterocycles. The Hall–Kier alpha value is -2.16. The van der Waals surface area contributed by atoms with Gasteiger partial charge in [0.1, 0.15) is 0 Å². The minimum absolute atomic E-state index is 0.0147. The number of aromatic carboxylic acids is 1. The molecule has 0 aliphatic carbocycles. The molecule has 2 fully saturated rings. The van der Waals surface area contributed by atoms with E-state index in [1.54, 1.807) is 9.80 Å². The van der Waals surface area contributed by atoms with Gasteiger partial charge in [-0.25, -0.2) is 14.6 Å². The Morgan fingerprint density at radius 3 is 2.95 bits per heavy atom. The number of rotatable bonds is 2. The molecule has 0 aromatic carbocycles. The highest BCUT2D eigenvalue weighted by Crippen LogP contribution is 2.18. The van der Waals surface area contributed by atoms with Gasteiger partial charge in [-0.2, -0.15) is 0 Å². The van der Waals surface area contributed by atoms with Crippen LogP contribution in [-0.4, -0.2) is 70.0 Å². The Morgan fingerprint density at radius 2 is 2.25 bits per heavy atom. The minimum atomic E-state index is -1.14. The summed E-state index contributed by atoms with van der Waals surface area (Å²) in [5, 5.41) is 13.1. The topological polar surface area (TPSA) is 103 Å². The summed E-state index contributed by atoms with van der Waals surface area (Å²) in [5.41, 5.74) is -0.116. The third-order valence-corrected chi connectivity index (χ3v) is 4.26. The van der Waals surface area contributed by atoms with Gasteiger partial charge in [-0.15, -0.1) is 11.3 Å². The van der Waals surface area contributed by atoms with E-state index in [9.17, 15) is 14.4 Å². The van der Waals surface area contributed by atoms with Crippen molar-refractivity contribution in [1.29, 1.82) is 0 Å². The lowest BCUT2D eigenvalue weighted by Gasteiger charge is -2.35. The van der Waals surface area contributed by atoms with Gasteiger partial charge in [0.15, 0.2) is 10.7 Å². The number of aromatic nitrogens is 1. The molecule has 1 unspecified atom stereocenters. The summed E-state index contributed by atoms with van der Waals surface area (Å²) in [6, 6.07) is -0.108. The molecule has 3 amide bonds. The highest BCUT2D eigenvalue weighted by Gasteiger charge is 2.37. The molecule has 9 heteroatoms. The average Bonchev–Trinajstić information content (AvgIpc) is 3.05. The maximum absolute atomic E-state index is 12.3. The molecule has 20 heavy (non-hydrogen) atoms. The monoisotopic (exact) mass is 296 g/mol. The average molecular weight is 296 g/mol. The first-order chi connectivity index (χ1) is 9.56. The Kier molecular flexibility index (Phi) is 3.05. The number of hydrogen-bond donors (Lipinski definition) is 2. The van der Waals surface area contributed by atoms with Gasteiger partial charge in [0.05, 0.1) is 6.04 Å². The second kappa shape index (κ2) is 4.75. The summed E-state index contributed by atoms with van der Waals surface area (Å²) in [6.45, 7) is 1.89. The van der Waals surface area contributed by atoms with Crippen LogP contribution in [0.15, 0.2) is 5.38 Å². The number of carboxylic acids is 1. The van der Waals surface area contributed by atoms with E-state index in [0.717, 1.165) is 11.3 Å². The third kappa shape index (κ3) is 2.09. The van der Waals surface area contributed by atoms with Crippen LogP contribution < -0.4 is 5.32 Å². The van der Waals surface area contributed by atoms with Crippen molar-refractivity contribution in [1.82, 2.24) is 20.1 Å². The first-order valence-corrected chi connectivity index (χ1v) is 6.97. The molecule has 2 saturated heterocycles. The summed E-state index contributed by atoms with van der Waals surface area (Å²) in [6.07, 6.45) is 0. The van der Waals surface area contributed by atoms with Gasteiger partial charge in [0, 0.05) is 31.6 Å². The minimum Gasteiger partial charge on any atom is -0.476 e. The summed E-state index contributed by atoms with van der Waals surface area (Å²) in [5.74, 6) is -1.42. The molecule has 3 rings (SSSR count). The molecular weight excluding hydrogens is 284 g/mol. The van der Waals surface area contributed by atoms with Gasteiger partial charge in [-0.05, 0) is 0 Å². The molecule has 0 spiro atoms. The van der Waals surface area contributed by atoms with E-state index in [1.807, 2.05) is 0 Å². The van der Waals surface area contributed by atoms with E-state index in [-0.39, 0.29) is 28.7 Å². The van der Waals surface area contributed by atoms with Crippen molar-refractivity contribution in [3.05, 3.63) is 16.1 Å². The molecule has 1 atom stereocenters. The smallest absolute Gasteiger partial charge is 0.355 e. The van der Waals surface area contributed by atoms with Crippen LogP contribution in [0.3, 0.4) is 0 Å². The zero-order valence-corrected chi connectivity index (χ0v) is 11.2. The van der Waals surface area contributed by atoms with Gasteiger partial charge in [0.2, 0.25) is 0 Å². The number of carbonyl (C=O) groups excluding carboxylic acids is 2. The van der Waals surface area contributed by atoms with Crippen LogP contribution in [0.25, 0.3) is 0 Å². The Balaban J connectivity index is 1.71. The SMILES string of the molecule is O=C(O)c1csc(C(=O)N2CCN3C(=O)NCC3C2)n1. The molecule has 0 saturated carbocycles. The number of carboxylic acid groups (broad SMARTS) is 1. The van der Waals surface area contributed by atoms with E-state index in [1.165, 1.54) is 5.38 Å². The van der Waals surface area contributed by atoms with Crippen LogP contribution in [0.4, 0.5) is 4.79 Å². The van der Waals surface area contributed by atoms with E-state index < -0.39 is 5.97 Å². The van der Waals surface area contributed by atoms with E-state index in [0.29, 0.717) is 26.2 Å². The quantitative estimate of drug-likeness (QED) is 0.779. The van der Waals surface area contributed by atoms with Gasteiger partial charge in [-0.1, -0.05) is 0 Å². The van der Waals surface area contributed by atoms with Crippen molar-refractivity contribution in [2.75, 3.05) is 26.2 Å². The lowest BCUT2D eigenvalue weighted by Crippen LogP contribution is -2.53. The predicted molar refractivity (Wildman–Crippen MR) is 68.9 cm³/mol.